The Morgan fingerprint density at radius 2 is 1.69 bits per heavy atom. The first kappa shape index (κ1) is 30.1. The summed E-state index contributed by atoms with van der Waals surface area (Å²) in [6.45, 7) is 14.4. The number of hydrogen-bond acceptors (Lipinski definition) is 5. The molecule has 0 heterocycles. The molecule has 0 bridgehead atoms. The van der Waals surface area contributed by atoms with Gasteiger partial charge in [0, 0.05) is 6.42 Å². The van der Waals surface area contributed by atoms with Crippen molar-refractivity contribution < 1.29 is 29.0 Å². The number of carboxylic acids is 1. The maximum atomic E-state index is 12.3. The Labute approximate surface area is 235 Å². The van der Waals surface area contributed by atoms with E-state index in [1.165, 1.54) is 50.5 Å². The van der Waals surface area contributed by atoms with E-state index < -0.39 is 30.9 Å². The zero-order valence-electron chi connectivity index (χ0n) is 25.2. The van der Waals surface area contributed by atoms with E-state index in [0.717, 1.165) is 49.4 Å². The van der Waals surface area contributed by atoms with Crippen LogP contribution in [0.5, 0.6) is 0 Å². The van der Waals surface area contributed by atoms with Crippen LogP contribution in [0, 0.1) is 45.8 Å². The third kappa shape index (κ3) is 5.95. The van der Waals surface area contributed by atoms with Crippen LogP contribution in [0.1, 0.15) is 119 Å². The van der Waals surface area contributed by atoms with E-state index in [0.29, 0.717) is 16.7 Å². The molecule has 0 radical (unpaired) electrons. The van der Waals surface area contributed by atoms with Gasteiger partial charge in [-0.3, -0.25) is 9.59 Å². The number of aliphatic carboxylic acids is 1. The molecule has 0 aliphatic heterocycles. The van der Waals surface area contributed by atoms with Crippen molar-refractivity contribution in [3.8, 4) is 0 Å². The normalized spacial score (nSPS) is 38.2. The van der Waals surface area contributed by atoms with E-state index in [-0.39, 0.29) is 11.5 Å². The van der Waals surface area contributed by atoms with Gasteiger partial charge in [0.2, 0.25) is 0 Å². The lowest BCUT2D eigenvalue weighted by molar-refractivity contribution is -0.166. The molecule has 0 amide bonds. The first-order chi connectivity index (χ1) is 18.3. The van der Waals surface area contributed by atoms with Gasteiger partial charge in [0.1, 0.15) is 12.5 Å². The average Bonchev–Trinajstić information content (AvgIpc) is 3.21. The topological polar surface area (TPSA) is 89.9 Å². The second kappa shape index (κ2) is 11.6. The fraction of sp³-hybridized carbons (Fsp3) is 0.848. The van der Waals surface area contributed by atoms with Gasteiger partial charge in [-0.1, -0.05) is 72.5 Å². The summed E-state index contributed by atoms with van der Waals surface area (Å²) < 4.78 is 10.4. The Hall–Kier alpha value is -1.85. The molecule has 6 heteroatoms. The predicted octanol–water partition coefficient (Wildman–Crippen LogP) is 7.35. The lowest BCUT2D eigenvalue weighted by Gasteiger charge is -2.63. The van der Waals surface area contributed by atoms with Crippen molar-refractivity contribution in [1.29, 1.82) is 0 Å². The molecule has 1 N–H and O–H groups in total. The number of rotatable bonds is 10. The smallest absolute Gasteiger partial charge is 0.344 e. The maximum absolute atomic E-state index is 12.3. The summed E-state index contributed by atoms with van der Waals surface area (Å²) in [6.07, 6.45) is 14.7. The summed E-state index contributed by atoms with van der Waals surface area (Å²) in [6, 6.07) is 0. The third-order valence-electron chi connectivity index (χ3n) is 11.8. The largest absolute Gasteiger partial charge is 0.481 e. The molecule has 0 aromatic carbocycles. The molecular formula is C33H52O6. The van der Waals surface area contributed by atoms with Crippen LogP contribution < -0.4 is 0 Å². The molecule has 220 valence electrons. The van der Waals surface area contributed by atoms with E-state index in [1.807, 2.05) is 0 Å². The second-order valence-corrected chi connectivity index (χ2v) is 14.6. The van der Waals surface area contributed by atoms with Crippen LogP contribution in [0.4, 0.5) is 0 Å². The highest BCUT2D eigenvalue weighted by Crippen LogP contribution is 2.72. The summed E-state index contributed by atoms with van der Waals surface area (Å²) >= 11 is 0. The lowest BCUT2D eigenvalue weighted by atomic mass is 9.41. The molecule has 3 saturated carbocycles. The Balaban J connectivity index is 1.40. The van der Waals surface area contributed by atoms with Crippen LogP contribution in [-0.4, -0.2) is 35.7 Å². The van der Waals surface area contributed by atoms with E-state index in [2.05, 4.69) is 47.6 Å². The second-order valence-electron chi connectivity index (χ2n) is 14.6. The number of fused-ring (bicyclic) bond motifs is 5. The van der Waals surface area contributed by atoms with Crippen LogP contribution in [-0.2, 0) is 23.9 Å². The van der Waals surface area contributed by atoms with Crippen LogP contribution in [0.25, 0.3) is 0 Å². The predicted molar refractivity (Wildman–Crippen MR) is 151 cm³/mol. The average molecular weight is 545 g/mol. The molecule has 4 rings (SSSR count). The van der Waals surface area contributed by atoms with Gasteiger partial charge in [-0.05, 0) is 90.8 Å². The molecule has 0 saturated heterocycles. The molecule has 8 atom stereocenters. The van der Waals surface area contributed by atoms with Crippen LogP contribution in [0.2, 0.25) is 0 Å². The molecule has 0 aromatic heterocycles. The minimum atomic E-state index is -1.27. The van der Waals surface area contributed by atoms with E-state index in [4.69, 9.17) is 14.6 Å². The minimum Gasteiger partial charge on any atom is -0.481 e. The van der Waals surface area contributed by atoms with Crippen molar-refractivity contribution in [1.82, 2.24) is 0 Å². The molecule has 3 fully saturated rings. The molecule has 4 aliphatic carbocycles. The van der Waals surface area contributed by atoms with E-state index in [1.54, 1.807) is 0 Å². The van der Waals surface area contributed by atoms with E-state index >= 15 is 0 Å². The van der Waals surface area contributed by atoms with E-state index in [9.17, 15) is 14.4 Å². The van der Waals surface area contributed by atoms with Gasteiger partial charge >= 0.3 is 17.9 Å². The summed E-state index contributed by atoms with van der Waals surface area (Å²) in [5.74, 6) is 1.07. The Bertz CT molecular complexity index is 969. The summed E-state index contributed by atoms with van der Waals surface area (Å²) in [5, 5.41) is 8.67. The van der Waals surface area contributed by atoms with Gasteiger partial charge < -0.3 is 14.6 Å². The van der Waals surface area contributed by atoms with Crippen molar-refractivity contribution in [3.05, 3.63) is 11.6 Å². The van der Waals surface area contributed by atoms with Crippen LogP contribution in [0.3, 0.4) is 0 Å². The molecular weight excluding hydrogens is 492 g/mol. The van der Waals surface area contributed by atoms with Crippen LogP contribution >= 0.6 is 0 Å². The van der Waals surface area contributed by atoms with Crippen molar-refractivity contribution in [2.75, 3.05) is 6.61 Å². The molecule has 1 unspecified atom stereocenters. The fourth-order valence-corrected chi connectivity index (χ4v) is 9.94. The number of hydrogen-bond donors (Lipinski definition) is 1. The Kier molecular flexibility index (Phi) is 8.93. The van der Waals surface area contributed by atoms with Gasteiger partial charge in [-0.25, -0.2) is 4.79 Å². The van der Waals surface area contributed by atoms with Crippen molar-refractivity contribution >= 4 is 17.9 Å². The highest BCUT2D eigenvalue weighted by atomic mass is 16.6. The first-order valence-corrected chi connectivity index (χ1v) is 15.6. The minimum absolute atomic E-state index is 0.145. The zero-order chi connectivity index (χ0) is 28.6. The van der Waals surface area contributed by atoms with Gasteiger partial charge in [-0.15, -0.1) is 0 Å². The third-order valence-corrected chi connectivity index (χ3v) is 11.8. The van der Waals surface area contributed by atoms with Gasteiger partial charge in [0.15, 0.2) is 6.61 Å². The summed E-state index contributed by atoms with van der Waals surface area (Å²) in [5.41, 5.74) is 2.35. The Morgan fingerprint density at radius 3 is 2.38 bits per heavy atom. The van der Waals surface area contributed by atoms with Gasteiger partial charge in [-0.2, -0.15) is 0 Å². The number of carbonyl (C=O) groups is 3. The lowest BCUT2D eigenvalue weighted by Crippen LogP contribution is -2.56. The number of allylic oxidation sites excluding steroid dienone is 1. The molecule has 0 spiro atoms. The standard InChI is InChI=1S/C33H52O6/c1-21(2)8-7-9-22(3)25-10-11-26-32(25,5)17-14-27-31(4)16-13-24(18-23(31)12-15-33(26,27)6)39-30(37)20-38-29(36)19-28(34)35/h12,21-22,24-27H,7-11,13-20H2,1-6H3,(H,34,35)/t22-,24+,25?,26-,27-,31+,32-,33+/m1/s1. The van der Waals surface area contributed by atoms with Crippen LogP contribution in [0.15, 0.2) is 11.6 Å². The maximum Gasteiger partial charge on any atom is 0.344 e. The molecule has 0 aromatic rings. The number of carbonyl (C=O) groups excluding carboxylic acids is 2. The molecule has 39 heavy (non-hydrogen) atoms. The quantitative estimate of drug-likeness (QED) is 0.176. The Morgan fingerprint density at radius 1 is 0.949 bits per heavy atom. The molecule has 4 aliphatic rings. The van der Waals surface area contributed by atoms with Crippen molar-refractivity contribution in [3.63, 3.8) is 0 Å². The SMILES string of the molecule is CC(C)CCC[C@@H](C)C1CC[C@H]2[C@]3(C)CC=C4C[C@@H](OC(=O)COC(=O)CC(=O)O)CC[C@]4(C)[C@H]3CC[C@]12C. The highest BCUT2D eigenvalue weighted by molar-refractivity contribution is 5.90. The highest BCUT2D eigenvalue weighted by Gasteiger charge is 2.64. The summed E-state index contributed by atoms with van der Waals surface area (Å²) in [7, 11) is 0. The number of carboxylic acid groups (broad SMARTS) is 1. The fourth-order valence-electron chi connectivity index (χ4n) is 9.94. The number of esters is 2. The van der Waals surface area contributed by atoms with Crippen molar-refractivity contribution in [2.45, 2.75) is 125 Å². The monoisotopic (exact) mass is 544 g/mol. The zero-order valence-corrected chi connectivity index (χ0v) is 25.2. The summed E-state index contributed by atoms with van der Waals surface area (Å²) in [4.78, 5) is 34.4. The number of ether oxygens (including phenoxy) is 2. The van der Waals surface area contributed by atoms with Gasteiger partial charge in [0.05, 0.1) is 0 Å². The molecule has 6 nitrogen and oxygen atoms in total. The van der Waals surface area contributed by atoms with Gasteiger partial charge in [0.25, 0.3) is 0 Å². The van der Waals surface area contributed by atoms with Crippen molar-refractivity contribution in [2.24, 2.45) is 45.8 Å². The first-order valence-electron chi connectivity index (χ1n) is 15.6.